The molecule has 1 aromatic rings. The Morgan fingerprint density at radius 3 is 2.62 bits per heavy atom. The molecule has 3 atom stereocenters. The number of ether oxygens (including phenoxy) is 1. The molecule has 0 radical (unpaired) electrons. The highest BCUT2D eigenvalue weighted by atomic mass is 32.2. The predicted molar refractivity (Wildman–Crippen MR) is 117 cm³/mol. The highest BCUT2D eigenvalue weighted by Gasteiger charge is 2.36. The van der Waals surface area contributed by atoms with E-state index in [-0.39, 0.29) is 42.1 Å². The summed E-state index contributed by atoms with van der Waals surface area (Å²) in [5.74, 6) is 0.552. The number of nitrogens with zero attached hydrogens (tertiary/aromatic N) is 1. The molecule has 0 spiro atoms. The summed E-state index contributed by atoms with van der Waals surface area (Å²) < 4.78 is 29.7. The van der Waals surface area contributed by atoms with Crippen LogP contribution in [0.2, 0.25) is 0 Å². The first-order chi connectivity index (χ1) is 13.7. The Hall–Kier alpha value is -0.960. The molecule has 0 bridgehead atoms. The number of hydrogen-bond acceptors (Lipinski definition) is 6. The van der Waals surface area contributed by atoms with Gasteiger partial charge in [0.25, 0.3) is 0 Å². The third-order valence-corrected chi connectivity index (χ3v) is 8.68. The van der Waals surface area contributed by atoms with Crippen LogP contribution in [0, 0.1) is 19.8 Å². The number of aryl methyl sites for hydroxylation is 2. The number of nitrogens with one attached hydrogen (secondary N) is 1. The second-order valence-electron chi connectivity index (χ2n) is 8.71. The largest absolute Gasteiger partial charge is 0.376 e. The first-order valence-corrected chi connectivity index (χ1v) is 13.2. The van der Waals surface area contributed by atoms with Gasteiger partial charge in [-0.2, -0.15) is 0 Å². The van der Waals surface area contributed by atoms with Crippen LogP contribution in [0.25, 0.3) is 0 Å². The quantitative estimate of drug-likeness (QED) is 0.670. The van der Waals surface area contributed by atoms with Gasteiger partial charge in [-0.15, -0.1) is 11.3 Å². The van der Waals surface area contributed by atoms with Crippen molar-refractivity contribution in [3.8, 4) is 0 Å². The minimum absolute atomic E-state index is 0.0184. The van der Waals surface area contributed by atoms with Crippen molar-refractivity contribution in [2.75, 3.05) is 31.2 Å². The van der Waals surface area contributed by atoms with Crippen LogP contribution in [-0.4, -0.2) is 62.6 Å². The van der Waals surface area contributed by atoms with Crippen LogP contribution in [0.3, 0.4) is 0 Å². The van der Waals surface area contributed by atoms with Crippen LogP contribution in [0.15, 0.2) is 6.07 Å². The molecular formula is C21H34N2O4S2. The zero-order chi connectivity index (χ0) is 21.2. The second kappa shape index (κ2) is 9.45. The smallest absolute Gasteiger partial charge is 0.236 e. The van der Waals surface area contributed by atoms with Crippen LogP contribution >= 0.6 is 11.3 Å². The fourth-order valence-electron chi connectivity index (χ4n) is 4.45. The van der Waals surface area contributed by atoms with Crippen LogP contribution in [-0.2, 0) is 19.4 Å². The monoisotopic (exact) mass is 442 g/mol. The van der Waals surface area contributed by atoms with Gasteiger partial charge < -0.3 is 15.0 Å². The summed E-state index contributed by atoms with van der Waals surface area (Å²) in [6.07, 6.45) is 2.47. The maximum absolute atomic E-state index is 13.2. The van der Waals surface area contributed by atoms with E-state index in [1.165, 1.54) is 15.3 Å². The summed E-state index contributed by atoms with van der Waals surface area (Å²) in [6, 6.07) is 2.07. The van der Waals surface area contributed by atoms with Crippen molar-refractivity contribution in [3.63, 3.8) is 0 Å². The molecule has 0 aromatic carbocycles. The molecule has 0 aliphatic carbocycles. The van der Waals surface area contributed by atoms with Crippen LogP contribution in [0.1, 0.15) is 54.5 Å². The molecule has 1 amide bonds. The van der Waals surface area contributed by atoms with E-state index in [9.17, 15) is 13.2 Å². The predicted octanol–water partition coefficient (Wildman–Crippen LogP) is 2.85. The van der Waals surface area contributed by atoms with Crippen molar-refractivity contribution in [3.05, 3.63) is 21.4 Å². The first-order valence-electron chi connectivity index (χ1n) is 10.6. The molecule has 2 aliphatic rings. The molecule has 2 saturated heterocycles. The van der Waals surface area contributed by atoms with Gasteiger partial charge in [0, 0.05) is 35.0 Å². The number of carbonyl (C=O) groups is 1. The van der Waals surface area contributed by atoms with Gasteiger partial charge in [-0.3, -0.25) is 4.79 Å². The van der Waals surface area contributed by atoms with E-state index >= 15 is 0 Å². The Labute approximate surface area is 178 Å². The highest BCUT2D eigenvalue weighted by molar-refractivity contribution is 7.91. The zero-order valence-electron chi connectivity index (χ0n) is 17.9. The molecule has 8 heteroatoms. The summed E-state index contributed by atoms with van der Waals surface area (Å²) in [5, 5.41) is 3.46. The number of sulfone groups is 1. The Morgan fingerprint density at radius 1 is 1.34 bits per heavy atom. The van der Waals surface area contributed by atoms with E-state index in [4.69, 9.17) is 4.74 Å². The van der Waals surface area contributed by atoms with Crippen LogP contribution < -0.4 is 5.32 Å². The van der Waals surface area contributed by atoms with E-state index in [2.05, 4.69) is 39.1 Å². The number of amides is 1. The second-order valence-corrected chi connectivity index (χ2v) is 12.4. The molecule has 29 heavy (non-hydrogen) atoms. The van der Waals surface area contributed by atoms with E-state index in [1.807, 2.05) is 0 Å². The van der Waals surface area contributed by atoms with Crippen molar-refractivity contribution in [1.29, 1.82) is 0 Å². The molecule has 1 aromatic heterocycles. The SMILES string of the molecule is Cc1cc([C@H](NCC(=O)N(C[C@@H]2CCCO2)[C@@H]2CCS(=O)(=O)C2)C(C)C)c(C)s1. The fourth-order valence-corrected chi connectivity index (χ4v) is 7.15. The zero-order valence-corrected chi connectivity index (χ0v) is 19.6. The van der Waals surface area contributed by atoms with Crippen LogP contribution in [0.4, 0.5) is 0 Å². The van der Waals surface area contributed by atoms with Gasteiger partial charge in [0.05, 0.1) is 24.2 Å². The van der Waals surface area contributed by atoms with Gasteiger partial charge in [-0.25, -0.2) is 8.42 Å². The lowest BCUT2D eigenvalue weighted by Gasteiger charge is -2.32. The molecule has 0 unspecified atom stereocenters. The normalized spacial score (nSPS) is 24.9. The van der Waals surface area contributed by atoms with Crippen molar-refractivity contribution in [2.45, 2.75) is 65.1 Å². The maximum atomic E-state index is 13.2. The standard InChI is InChI=1S/C21H34N2O4S2/c1-14(2)21(19-10-15(3)28-16(19)4)22-11-20(24)23(12-18-6-5-8-27-18)17-7-9-29(25,26)13-17/h10,14,17-18,21-22H,5-9,11-13H2,1-4H3/t17-,18+,21-/m1/s1. The van der Waals surface area contributed by atoms with E-state index in [0.29, 0.717) is 18.9 Å². The number of rotatable bonds is 8. The maximum Gasteiger partial charge on any atom is 0.236 e. The third-order valence-electron chi connectivity index (χ3n) is 5.95. The summed E-state index contributed by atoms with van der Waals surface area (Å²) >= 11 is 1.78. The Kier molecular flexibility index (Phi) is 7.41. The van der Waals surface area contributed by atoms with Gasteiger partial charge in [-0.05, 0) is 50.7 Å². The van der Waals surface area contributed by atoms with E-state index in [1.54, 1.807) is 16.2 Å². The fraction of sp³-hybridized carbons (Fsp3) is 0.762. The lowest BCUT2D eigenvalue weighted by molar-refractivity contribution is -0.134. The molecule has 0 saturated carbocycles. The molecular weight excluding hydrogens is 408 g/mol. The number of hydrogen-bond donors (Lipinski definition) is 1. The van der Waals surface area contributed by atoms with Crippen molar-refractivity contribution < 1.29 is 17.9 Å². The van der Waals surface area contributed by atoms with Gasteiger partial charge in [0.15, 0.2) is 9.84 Å². The number of thiophene rings is 1. The minimum atomic E-state index is -3.05. The lowest BCUT2D eigenvalue weighted by Crippen LogP contribution is -2.49. The summed E-state index contributed by atoms with van der Waals surface area (Å²) in [4.78, 5) is 17.5. The molecule has 6 nitrogen and oxygen atoms in total. The Balaban J connectivity index is 1.70. The number of carbonyl (C=O) groups excluding carboxylic acids is 1. The van der Waals surface area contributed by atoms with Crippen molar-refractivity contribution in [1.82, 2.24) is 10.2 Å². The van der Waals surface area contributed by atoms with Gasteiger partial charge in [0.1, 0.15) is 0 Å². The van der Waals surface area contributed by atoms with Crippen LogP contribution in [0.5, 0.6) is 0 Å². The lowest BCUT2D eigenvalue weighted by atomic mass is 9.96. The van der Waals surface area contributed by atoms with E-state index < -0.39 is 9.84 Å². The van der Waals surface area contributed by atoms with E-state index in [0.717, 1.165) is 19.4 Å². The topological polar surface area (TPSA) is 75.7 Å². The van der Waals surface area contributed by atoms with Crippen molar-refractivity contribution in [2.24, 2.45) is 5.92 Å². The van der Waals surface area contributed by atoms with Gasteiger partial charge in [0.2, 0.25) is 5.91 Å². The molecule has 3 rings (SSSR count). The highest BCUT2D eigenvalue weighted by Crippen LogP contribution is 2.30. The van der Waals surface area contributed by atoms with Gasteiger partial charge in [-0.1, -0.05) is 13.8 Å². The summed E-state index contributed by atoms with van der Waals surface area (Å²) in [7, 11) is -3.05. The molecule has 2 fully saturated rings. The summed E-state index contributed by atoms with van der Waals surface area (Å²) in [5.41, 5.74) is 1.25. The van der Waals surface area contributed by atoms with Crippen molar-refractivity contribution >= 4 is 27.1 Å². The average Bonchev–Trinajstić information content (AvgIpc) is 3.34. The Bertz CT molecular complexity index is 813. The average molecular weight is 443 g/mol. The van der Waals surface area contributed by atoms with Gasteiger partial charge >= 0.3 is 0 Å². The first kappa shape index (κ1) is 22.7. The Morgan fingerprint density at radius 2 is 2.10 bits per heavy atom. The minimum Gasteiger partial charge on any atom is -0.376 e. The molecule has 2 aliphatic heterocycles. The third kappa shape index (κ3) is 5.81. The molecule has 1 N–H and O–H groups in total. The molecule has 3 heterocycles. The molecule has 164 valence electrons. The summed E-state index contributed by atoms with van der Waals surface area (Å²) in [6.45, 7) is 9.96.